The summed E-state index contributed by atoms with van der Waals surface area (Å²) in [7, 11) is 0. The first-order chi connectivity index (χ1) is 10.6. The van der Waals surface area contributed by atoms with E-state index in [0.29, 0.717) is 15.7 Å². The van der Waals surface area contributed by atoms with Crippen LogP contribution in [0.1, 0.15) is 16.4 Å². The molecule has 3 atom stereocenters. The second-order valence-corrected chi connectivity index (χ2v) is 7.21. The Labute approximate surface area is 132 Å². The Morgan fingerprint density at radius 3 is 2.82 bits per heavy atom. The Morgan fingerprint density at radius 1 is 1.27 bits per heavy atom. The van der Waals surface area contributed by atoms with E-state index < -0.39 is 29.0 Å². The third kappa shape index (κ3) is 1.84. The van der Waals surface area contributed by atoms with Gasteiger partial charge in [0.05, 0.1) is 10.9 Å². The fourth-order valence-electron chi connectivity index (χ4n) is 2.96. The SMILES string of the molecule is O=C1Oc2ccccc2[C@@H]2c3sc(=O)[nH]c3S[C@H](C(=O)O)[C@H]12. The molecule has 0 unspecified atom stereocenters. The van der Waals surface area contributed by atoms with Gasteiger partial charge in [-0.25, -0.2) is 0 Å². The van der Waals surface area contributed by atoms with Gasteiger partial charge in [0.25, 0.3) is 0 Å². The third-order valence-electron chi connectivity index (χ3n) is 3.83. The largest absolute Gasteiger partial charge is 0.480 e. The summed E-state index contributed by atoms with van der Waals surface area (Å²) >= 11 is 2.03. The van der Waals surface area contributed by atoms with Crippen LogP contribution >= 0.6 is 23.1 Å². The van der Waals surface area contributed by atoms with Crippen LogP contribution in [-0.4, -0.2) is 27.3 Å². The lowest BCUT2D eigenvalue weighted by Crippen LogP contribution is -2.44. The fourth-order valence-corrected chi connectivity index (χ4v) is 5.36. The second-order valence-electron chi connectivity index (χ2n) is 5.05. The standard InChI is InChI=1S/C14H9NO5S2/c16-12(17)10-8-7(9-11(21-10)15-14(19)22-9)5-3-1-2-4-6(5)20-13(8)18/h1-4,7-8,10H,(H,15,19)(H,16,17)/t7-,8+,10-/m0/s1. The number of H-pyrrole nitrogens is 1. The number of esters is 1. The zero-order valence-electron chi connectivity index (χ0n) is 10.9. The van der Waals surface area contributed by atoms with Crippen LogP contribution in [0.4, 0.5) is 0 Å². The highest BCUT2D eigenvalue weighted by Gasteiger charge is 2.51. The lowest BCUT2D eigenvalue weighted by molar-refractivity contribution is -0.147. The van der Waals surface area contributed by atoms with Gasteiger partial charge in [-0.1, -0.05) is 41.3 Å². The molecule has 0 spiro atoms. The number of thioether (sulfide) groups is 1. The molecule has 1 aromatic heterocycles. The van der Waals surface area contributed by atoms with Crippen LogP contribution in [0.3, 0.4) is 0 Å². The molecule has 4 rings (SSSR count). The molecule has 0 saturated heterocycles. The van der Waals surface area contributed by atoms with Gasteiger partial charge in [0.2, 0.25) is 0 Å². The minimum absolute atomic E-state index is 0.251. The molecule has 2 aliphatic rings. The maximum absolute atomic E-state index is 12.3. The molecule has 2 aliphatic heterocycles. The van der Waals surface area contributed by atoms with Gasteiger partial charge in [-0.3, -0.25) is 14.4 Å². The summed E-state index contributed by atoms with van der Waals surface area (Å²) in [5.41, 5.74) is 0.746. The third-order valence-corrected chi connectivity index (χ3v) is 6.24. The number of thiazole rings is 1. The van der Waals surface area contributed by atoms with E-state index in [2.05, 4.69) is 4.98 Å². The molecule has 1 aromatic carbocycles. The van der Waals surface area contributed by atoms with Crippen molar-refractivity contribution in [2.45, 2.75) is 16.2 Å². The summed E-state index contributed by atoms with van der Waals surface area (Å²) in [6.45, 7) is 0. The van der Waals surface area contributed by atoms with Gasteiger partial charge in [-0.2, -0.15) is 0 Å². The number of benzene rings is 1. The molecule has 0 radical (unpaired) electrons. The Morgan fingerprint density at radius 2 is 2.05 bits per heavy atom. The zero-order chi connectivity index (χ0) is 15.4. The van der Waals surface area contributed by atoms with Crippen LogP contribution in [-0.2, 0) is 9.59 Å². The quantitative estimate of drug-likeness (QED) is 0.608. The molecule has 2 aromatic rings. The van der Waals surface area contributed by atoms with Crippen LogP contribution in [0.2, 0.25) is 0 Å². The summed E-state index contributed by atoms with van der Waals surface area (Å²) in [5.74, 6) is -2.52. The van der Waals surface area contributed by atoms with E-state index in [9.17, 15) is 19.5 Å². The number of carbonyl (C=O) groups is 2. The fraction of sp³-hybridized carbons (Fsp3) is 0.214. The minimum atomic E-state index is -1.09. The summed E-state index contributed by atoms with van der Waals surface area (Å²) in [5, 5.41) is 9.01. The van der Waals surface area contributed by atoms with Gasteiger partial charge in [0, 0.05) is 16.4 Å². The van der Waals surface area contributed by atoms with E-state index in [1.54, 1.807) is 12.1 Å². The predicted molar refractivity (Wildman–Crippen MR) is 79.6 cm³/mol. The minimum Gasteiger partial charge on any atom is -0.480 e. The topological polar surface area (TPSA) is 96.5 Å². The number of carboxylic acids is 1. The van der Waals surface area contributed by atoms with Crippen LogP contribution in [0.15, 0.2) is 34.1 Å². The van der Waals surface area contributed by atoms with Crippen molar-refractivity contribution < 1.29 is 19.4 Å². The van der Waals surface area contributed by atoms with Crippen LogP contribution < -0.4 is 9.61 Å². The normalized spacial score (nSPS) is 25.6. The Balaban J connectivity index is 1.99. The summed E-state index contributed by atoms with van der Waals surface area (Å²) in [6.07, 6.45) is 0. The van der Waals surface area contributed by atoms with Crippen molar-refractivity contribution in [3.8, 4) is 5.75 Å². The summed E-state index contributed by atoms with van der Waals surface area (Å²) < 4.78 is 5.30. The number of aromatic nitrogens is 1. The monoisotopic (exact) mass is 335 g/mol. The molecule has 0 bridgehead atoms. The Kier molecular flexibility index (Phi) is 2.92. The van der Waals surface area contributed by atoms with Crippen LogP contribution in [0, 0.1) is 5.92 Å². The maximum atomic E-state index is 12.3. The number of hydrogen-bond donors (Lipinski definition) is 2. The van der Waals surface area contributed by atoms with E-state index in [1.807, 2.05) is 12.1 Å². The number of aromatic amines is 1. The number of ether oxygens (including phenoxy) is 1. The van der Waals surface area contributed by atoms with E-state index in [4.69, 9.17) is 4.74 Å². The molecule has 3 heterocycles. The predicted octanol–water partition coefficient (Wildman–Crippen LogP) is 1.66. The van der Waals surface area contributed by atoms with E-state index in [0.717, 1.165) is 28.7 Å². The molecular weight excluding hydrogens is 326 g/mol. The number of aliphatic carboxylic acids is 1. The number of nitrogens with one attached hydrogen (secondary N) is 1. The average molecular weight is 335 g/mol. The molecule has 8 heteroatoms. The van der Waals surface area contributed by atoms with Crippen molar-refractivity contribution in [1.82, 2.24) is 4.98 Å². The number of rotatable bonds is 1. The first kappa shape index (κ1) is 13.6. The molecule has 0 fully saturated rings. The van der Waals surface area contributed by atoms with E-state index in [-0.39, 0.29) is 4.87 Å². The maximum Gasteiger partial charge on any atom is 0.317 e. The lowest BCUT2D eigenvalue weighted by Gasteiger charge is -2.37. The Hall–Kier alpha value is -2.06. The smallest absolute Gasteiger partial charge is 0.317 e. The lowest BCUT2D eigenvalue weighted by atomic mass is 9.80. The molecule has 112 valence electrons. The number of fused-ring (bicyclic) bond motifs is 5. The average Bonchev–Trinajstić information content (AvgIpc) is 2.86. The van der Waals surface area contributed by atoms with Crippen molar-refractivity contribution in [3.05, 3.63) is 44.4 Å². The highest BCUT2D eigenvalue weighted by atomic mass is 32.2. The van der Waals surface area contributed by atoms with Crippen molar-refractivity contribution in [2.75, 3.05) is 0 Å². The summed E-state index contributed by atoms with van der Waals surface area (Å²) in [4.78, 5) is 38.7. The van der Waals surface area contributed by atoms with Gasteiger partial charge in [0.15, 0.2) is 0 Å². The molecule has 0 amide bonds. The van der Waals surface area contributed by atoms with Gasteiger partial charge in [-0.15, -0.1) is 0 Å². The highest BCUT2D eigenvalue weighted by Crippen LogP contribution is 2.53. The van der Waals surface area contributed by atoms with Gasteiger partial charge >= 0.3 is 16.8 Å². The molecule has 0 saturated carbocycles. The van der Waals surface area contributed by atoms with Gasteiger partial charge < -0.3 is 14.8 Å². The summed E-state index contributed by atoms with van der Waals surface area (Å²) in [6, 6.07) is 7.04. The first-order valence-electron chi connectivity index (χ1n) is 6.49. The molecular formula is C14H9NO5S2. The van der Waals surface area contributed by atoms with Gasteiger partial charge in [-0.05, 0) is 6.07 Å². The van der Waals surface area contributed by atoms with E-state index in [1.165, 1.54) is 0 Å². The van der Waals surface area contributed by atoms with Crippen molar-refractivity contribution in [2.24, 2.45) is 5.92 Å². The second kappa shape index (κ2) is 4.72. The van der Waals surface area contributed by atoms with Crippen LogP contribution in [0.25, 0.3) is 0 Å². The van der Waals surface area contributed by atoms with E-state index >= 15 is 0 Å². The molecule has 22 heavy (non-hydrogen) atoms. The van der Waals surface area contributed by atoms with Crippen molar-refractivity contribution in [1.29, 1.82) is 0 Å². The van der Waals surface area contributed by atoms with Crippen LogP contribution in [0.5, 0.6) is 5.75 Å². The number of para-hydroxylation sites is 1. The van der Waals surface area contributed by atoms with Crippen molar-refractivity contribution in [3.63, 3.8) is 0 Å². The number of carbonyl (C=O) groups excluding carboxylic acids is 1. The first-order valence-corrected chi connectivity index (χ1v) is 8.19. The molecule has 6 nitrogen and oxygen atoms in total. The number of carboxylic acid groups (broad SMARTS) is 1. The number of hydrogen-bond acceptors (Lipinski definition) is 6. The molecule has 0 aliphatic carbocycles. The zero-order valence-corrected chi connectivity index (χ0v) is 12.6. The Bertz CT molecular complexity index is 855. The van der Waals surface area contributed by atoms with Gasteiger partial charge in [0.1, 0.15) is 11.0 Å². The molecule has 2 N–H and O–H groups in total. The highest BCUT2D eigenvalue weighted by molar-refractivity contribution is 8.00. The van der Waals surface area contributed by atoms with Crippen molar-refractivity contribution >= 4 is 35.0 Å².